The molecule has 5 nitrogen and oxygen atoms in total. The van der Waals surface area contributed by atoms with Crippen molar-refractivity contribution in [1.82, 2.24) is 9.88 Å². The van der Waals surface area contributed by atoms with Crippen molar-refractivity contribution in [2.75, 3.05) is 19.7 Å². The lowest BCUT2D eigenvalue weighted by Gasteiger charge is -2.32. The van der Waals surface area contributed by atoms with Gasteiger partial charge in [-0.1, -0.05) is 84.9 Å². The van der Waals surface area contributed by atoms with E-state index in [1.165, 1.54) is 5.56 Å². The zero-order valence-corrected chi connectivity index (χ0v) is 21.8. The molecule has 190 valence electrons. The van der Waals surface area contributed by atoms with Crippen LogP contribution in [0.1, 0.15) is 40.3 Å². The molecule has 2 N–H and O–H groups in total. The number of nitrogens with two attached hydrogens (primary N) is 1. The number of hydrogen-bond acceptors (Lipinski definition) is 6. The standard InChI is InChI=1S/C31H33N3O2S/c32-19-28-20-33-30(37-28)27-13-11-26(12-14-27)29(25-9-5-2-6-10-25)31(35)36-22-24-15-17-34(18-16-24)21-23-7-3-1-4-8-23/h1-14,20,24,29H,15-19,21-22,32H2. The molecule has 0 aliphatic carbocycles. The van der Waals surface area contributed by atoms with E-state index >= 15 is 0 Å². The van der Waals surface area contributed by atoms with Gasteiger partial charge in [-0.3, -0.25) is 9.69 Å². The topological polar surface area (TPSA) is 68.4 Å². The number of piperidine rings is 1. The first kappa shape index (κ1) is 25.3. The molecule has 1 aliphatic rings. The van der Waals surface area contributed by atoms with Crippen molar-refractivity contribution in [3.8, 4) is 10.6 Å². The van der Waals surface area contributed by atoms with Gasteiger partial charge >= 0.3 is 5.97 Å². The Morgan fingerprint density at radius 3 is 2.24 bits per heavy atom. The molecule has 3 aromatic carbocycles. The number of ether oxygens (including phenoxy) is 1. The largest absolute Gasteiger partial charge is 0.465 e. The fourth-order valence-corrected chi connectivity index (χ4v) is 5.70. The minimum atomic E-state index is -0.454. The van der Waals surface area contributed by atoms with Gasteiger partial charge in [0.05, 0.1) is 6.61 Å². The second-order valence-electron chi connectivity index (χ2n) is 9.64. The Bertz CT molecular complexity index is 1270. The zero-order valence-electron chi connectivity index (χ0n) is 21.0. The number of hydrogen-bond donors (Lipinski definition) is 1. The van der Waals surface area contributed by atoms with Crippen LogP contribution in [0.15, 0.2) is 91.1 Å². The zero-order chi connectivity index (χ0) is 25.5. The van der Waals surface area contributed by atoms with E-state index < -0.39 is 5.92 Å². The molecule has 37 heavy (non-hydrogen) atoms. The van der Waals surface area contributed by atoms with E-state index in [0.29, 0.717) is 19.1 Å². The first-order valence-electron chi connectivity index (χ1n) is 12.9. The molecule has 1 atom stereocenters. The third-order valence-corrected chi connectivity index (χ3v) is 8.10. The normalized spacial score (nSPS) is 15.4. The van der Waals surface area contributed by atoms with Crippen molar-refractivity contribution in [2.45, 2.75) is 31.8 Å². The van der Waals surface area contributed by atoms with Gasteiger partial charge < -0.3 is 10.5 Å². The van der Waals surface area contributed by atoms with Gasteiger partial charge in [0.25, 0.3) is 0 Å². The highest BCUT2D eigenvalue weighted by atomic mass is 32.1. The fraction of sp³-hybridized carbons (Fsp3) is 0.290. The summed E-state index contributed by atoms with van der Waals surface area (Å²) in [6, 6.07) is 28.6. The van der Waals surface area contributed by atoms with Crippen LogP contribution in [0, 0.1) is 5.92 Å². The van der Waals surface area contributed by atoms with Crippen molar-refractivity contribution in [2.24, 2.45) is 11.7 Å². The van der Waals surface area contributed by atoms with Crippen LogP contribution in [0.2, 0.25) is 0 Å². The number of nitrogens with zero attached hydrogens (tertiary/aromatic N) is 2. The molecule has 0 radical (unpaired) electrons. The molecular formula is C31H33N3O2S. The molecular weight excluding hydrogens is 478 g/mol. The summed E-state index contributed by atoms with van der Waals surface area (Å²) >= 11 is 1.60. The van der Waals surface area contributed by atoms with E-state index in [1.54, 1.807) is 11.3 Å². The van der Waals surface area contributed by atoms with E-state index in [0.717, 1.165) is 59.1 Å². The SMILES string of the molecule is NCc1cnc(-c2ccc(C(C(=O)OCC3CCN(Cc4ccccc4)CC3)c3ccccc3)cc2)s1. The molecule has 0 bridgehead atoms. The summed E-state index contributed by atoms with van der Waals surface area (Å²) in [6.45, 7) is 4.00. The second kappa shape index (κ2) is 12.3. The van der Waals surface area contributed by atoms with Crippen molar-refractivity contribution < 1.29 is 9.53 Å². The third-order valence-electron chi connectivity index (χ3n) is 7.03. The summed E-state index contributed by atoms with van der Waals surface area (Å²) in [6.07, 6.45) is 3.91. The Kier molecular flexibility index (Phi) is 8.41. The van der Waals surface area contributed by atoms with E-state index in [-0.39, 0.29) is 5.97 Å². The van der Waals surface area contributed by atoms with E-state index in [2.05, 4.69) is 40.2 Å². The molecule has 0 spiro atoms. The molecule has 1 saturated heterocycles. The molecule has 2 heterocycles. The smallest absolute Gasteiger partial charge is 0.317 e. The molecule has 0 saturated carbocycles. The van der Waals surface area contributed by atoms with Gasteiger partial charge in [-0.25, -0.2) is 4.98 Å². The quantitative estimate of drug-likeness (QED) is 0.285. The van der Waals surface area contributed by atoms with Gasteiger partial charge in [0.1, 0.15) is 10.9 Å². The predicted molar refractivity (Wildman–Crippen MR) is 149 cm³/mol. The predicted octanol–water partition coefficient (Wildman–Crippen LogP) is 5.86. The van der Waals surface area contributed by atoms with Crippen molar-refractivity contribution in [1.29, 1.82) is 0 Å². The number of benzene rings is 3. The molecule has 1 aliphatic heterocycles. The van der Waals surface area contributed by atoms with Gasteiger partial charge in [0.2, 0.25) is 0 Å². The molecule has 4 aromatic rings. The summed E-state index contributed by atoms with van der Waals surface area (Å²) in [5.74, 6) is -0.244. The number of thiazole rings is 1. The Morgan fingerprint density at radius 2 is 1.59 bits per heavy atom. The van der Waals surface area contributed by atoms with Gasteiger partial charge in [-0.15, -0.1) is 11.3 Å². The highest BCUT2D eigenvalue weighted by molar-refractivity contribution is 7.15. The van der Waals surface area contributed by atoms with Crippen LogP contribution in [0.5, 0.6) is 0 Å². The maximum Gasteiger partial charge on any atom is 0.317 e. The highest BCUT2D eigenvalue weighted by Gasteiger charge is 2.27. The first-order chi connectivity index (χ1) is 18.2. The lowest BCUT2D eigenvalue weighted by Crippen LogP contribution is -2.35. The van der Waals surface area contributed by atoms with Crippen LogP contribution in [-0.2, 0) is 22.6 Å². The van der Waals surface area contributed by atoms with E-state index in [4.69, 9.17) is 10.5 Å². The summed E-state index contributed by atoms with van der Waals surface area (Å²) in [5.41, 5.74) is 9.98. The average molecular weight is 512 g/mol. The van der Waals surface area contributed by atoms with Crippen molar-refractivity contribution >= 4 is 17.3 Å². The van der Waals surface area contributed by atoms with E-state index in [1.807, 2.05) is 60.8 Å². The number of carbonyl (C=O) groups is 1. The lowest BCUT2D eigenvalue weighted by molar-refractivity contribution is -0.146. The first-order valence-corrected chi connectivity index (χ1v) is 13.7. The number of likely N-dealkylation sites (tertiary alicyclic amines) is 1. The summed E-state index contributed by atoms with van der Waals surface area (Å²) < 4.78 is 5.96. The van der Waals surface area contributed by atoms with Crippen LogP contribution in [0.3, 0.4) is 0 Å². The van der Waals surface area contributed by atoms with Crippen LogP contribution in [0.4, 0.5) is 0 Å². The molecule has 1 unspecified atom stereocenters. The van der Waals surface area contributed by atoms with Gasteiger partial charge in [-0.05, 0) is 48.5 Å². The minimum absolute atomic E-state index is 0.190. The van der Waals surface area contributed by atoms with Gasteiger partial charge in [-0.2, -0.15) is 0 Å². The Labute approximate surface area is 222 Å². The molecule has 0 amide bonds. The maximum atomic E-state index is 13.4. The van der Waals surface area contributed by atoms with Gasteiger partial charge in [0.15, 0.2) is 0 Å². The molecule has 5 rings (SSSR count). The molecule has 6 heteroatoms. The maximum absolute atomic E-state index is 13.4. The van der Waals surface area contributed by atoms with E-state index in [9.17, 15) is 4.79 Å². The third kappa shape index (κ3) is 6.52. The number of carbonyl (C=O) groups excluding carboxylic acids is 1. The summed E-state index contributed by atoms with van der Waals surface area (Å²) in [5, 5.41) is 0.935. The summed E-state index contributed by atoms with van der Waals surface area (Å²) in [7, 11) is 0. The van der Waals surface area contributed by atoms with Crippen molar-refractivity contribution in [3.63, 3.8) is 0 Å². The number of rotatable bonds is 9. The number of esters is 1. The second-order valence-corrected chi connectivity index (χ2v) is 10.8. The van der Waals surface area contributed by atoms with Crippen molar-refractivity contribution in [3.05, 3.63) is 113 Å². The Hall–Kier alpha value is -3.32. The van der Waals surface area contributed by atoms with Crippen LogP contribution in [0.25, 0.3) is 10.6 Å². The minimum Gasteiger partial charge on any atom is -0.465 e. The summed E-state index contributed by atoms with van der Waals surface area (Å²) in [4.78, 5) is 21.4. The van der Waals surface area contributed by atoms with Gasteiger partial charge in [0, 0.05) is 29.7 Å². The van der Waals surface area contributed by atoms with Crippen LogP contribution in [-0.4, -0.2) is 35.5 Å². The Balaban J connectivity index is 1.22. The van der Waals surface area contributed by atoms with Crippen LogP contribution >= 0.6 is 11.3 Å². The fourth-order valence-electron chi connectivity index (χ4n) is 4.90. The Morgan fingerprint density at radius 1 is 0.946 bits per heavy atom. The molecule has 1 fully saturated rings. The lowest BCUT2D eigenvalue weighted by atomic mass is 9.90. The van der Waals surface area contributed by atoms with Crippen LogP contribution < -0.4 is 5.73 Å². The monoisotopic (exact) mass is 511 g/mol. The average Bonchev–Trinajstić information content (AvgIpc) is 3.44. The molecule has 1 aromatic heterocycles. The number of aromatic nitrogens is 1. The highest BCUT2D eigenvalue weighted by Crippen LogP contribution is 2.31.